The second-order valence-electron chi connectivity index (χ2n) is 5.84. The molecular weight excluding hydrogens is 308 g/mol. The van der Waals surface area contributed by atoms with Crippen molar-refractivity contribution in [2.45, 2.75) is 32.3 Å². The van der Waals surface area contributed by atoms with Crippen molar-refractivity contribution in [3.8, 4) is 0 Å². The number of aliphatic hydroxyl groups excluding tert-OH is 1. The number of nitrogens with zero attached hydrogens (tertiary/aromatic N) is 1. The van der Waals surface area contributed by atoms with Crippen LogP contribution in [0.1, 0.15) is 36.5 Å². The highest BCUT2D eigenvalue weighted by molar-refractivity contribution is 5.95. The first kappa shape index (κ1) is 17.3. The lowest BCUT2D eigenvalue weighted by molar-refractivity contribution is -0.162. The van der Waals surface area contributed by atoms with Gasteiger partial charge in [0, 0.05) is 13.1 Å². The molecular formula is C16H19F2NO4. The molecule has 1 saturated heterocycles. The number of rotatable bonds is 4. The summed E-state index contributed by atoms with van der Waals surface area (Å²) in [4.78, 5) is 25.3. The van der Waals surface area contributed by atoms with Crippen LogP contribution in [0.2, 0.25) is 0 Å². The zero-order chi connectivity index (χ0) is 17.2. The molecule has 2 rings (SSSR count). The lowest BCUT2D eigenvalue weighted by Crippen LogP contribution is -2.57. The fraction of sp³-hybridized carbons (Fsp3) is 0.500. The molecule has 0 saturated carbocycles. The number of hydrogen-bond donors (Lipinski definition) is 2. The van der Waals surface area contributed by atoms with E-state index >= 15 is 0 Å². The van der Waals surface area contributed by atoms with E-state index in [0.29, 0.717) is 6.42 Å². The van der Waals surface area contributed by atoms with Gasteiger partial charge in [0.15, 0.2) is 11.6 Å². The molecule has 7 heteroatoms. The van der Waals surface area contributed by atoms with Gasteiger partial charge in [-0.15, -0.1) is 0 Å². The van der Waals surface area contributed by atoms with Crippen LogP contribution in [-0.4, -0.2) is 46.2 Å². The largest absolute Gasteiger partial charge is 0.481 e. The van der Waals surface area contributed by atoms with Gasteiger partial charge < -0.3 is 15.1 Å². The number of hydrogen-bond acceptors (Lipinski definition) is 3. The van der Waals surface area contributed by atoms with Crippen LogP contribution in [0.3, 0.4) is 0 Å². The molecule has 23 heavy (non-hydrogen) atoms. The molecule has 0 radical (unpaired) electrons. The highest BCUT2D eigenvalue weighted by atomic mass is 19.2. The monoisotopic (exact) mass is 327 g/mol. The molecule has 0 aromatic heterocycles. The van der Waals surface area contributed by atoms with E-state index in [0.717, 1.165) is 12.1 Å². The average molecular weight is 327 g/mol. The number of carbonyl (C=O) groups is 2. The van der Waals surface area contributed by atoms with E-state index in [9.17, 15) is 28.6 Å². The third-order valence-corrected chi connectivity index (χ3v) is 4.37. The first-order valence-corrected chi connectivity index (χ1v) is 7.48. The molecule has 1 aliphatic rings. The third kappa shape index (κ3) is 3.06. The van der Waals surface area contributed by atoms with Crippen molar-refractivity contribution in [1.82, 2.24) is 4.90 Å². The number of amides is 1. The Kier molecular flexibility index (Phi) is 4.99. The summed E-state index contributed by atoms with van der Waals surface area (Å²) < 4.78 is 27.1. The smallest absolute Gasteiger partial charge is 0.314 e. The van der Waals surface area contributed by atoms with Crippen LogP contribution < -0.4 is 0 Å². The number of carboxylic acids is 1. The predicted molar refractivity (Wildman–Crippen MR) is 77.9 cm³/mol. The molecule has 1 aromatic rings. The molecule has 0 spiro atoms. The van der Waals surface area contributed by atoms with Crippen molar-refractivity contribution in [3.63, 3.8) is 0 Å². The number of halogens is 2. The molecule has 2 atom stereocenters. The van der Waals surface area contributed by atoms with Gasteiger partial charge in [-0.3, -0.25) is 9.59 Å². The fourth-order valence-corrected chi connectivity index (χ4v) is 3.10. The molecule has 1 fully saturated rings. The summed E-state index contributed by atoms with van der Waals surface area (Å²) in [5, 5.41) is 19.7. The topological polar surface area (TPSA) is 77.8 Å². The Hall–Kier alpha value is -2.02. The molecule has 0 aliphatic carbocycles. The minimum absolute atomic E-state index is 0.0783. The Morgan fingerprint density at radius 2 is 2.09 bits per heavy atom. The standard InChI is InChI=1S/C16H19F2NO4/c1-2-7-16(15(22)23)9-19(8-6-12(16)20)14(21)10-4-3-5-11(17)13(10)18/h3-5,12,20H,2,6-9H2,1H3,(H,22,23)/t12-,16-/m1/s1. The maximum Gasteiger partial charge on any atom is 0.314 e. The second kappa shape index (κ2) is 6.62. The number of aliphatic hydroxyl groups is 1. The summed E-state index contributed by atoms with van der Waals surface area (Å²) in [7, 11) is 0. The van der Waals surface area contributed by atoms with Crippen LogP contribution in [0.15, 0.2) is 18.2 Å². The molecule has 0 bridgehead atoms. The van der Waals surface area contributed by atoms with E-state index < -0.39 is 40.6 Å². The summed E-state index contributed by atoms with van der Waals surface area (Å²) in [5.74, 6) is -4.34. The minimum Gasteiger partial charge on any atom is -0.481 e. The van der Waals surface area contributed by atoms with Gasteiger partial charge in [0.2, 0.25) is 0 Å². The average Bonchev–Trinajstić information content (AvgIpc) is 2.51. The van der Waals surface area contributed by atoms with Gasteiger partial charge in [-0.25, -0.2) is 8.78 Å². The van der Waals surface area contributed by atoms with Crippen LogP contribution >= 0.6 is 0 Å². The first-order valence-electron chi connectivity index (χ1n) is 7.48. The molecule has 0 unspecified atom stereocenters. The molecule has 5 nitrogen and oxygen atoms in total. The number of carboxylic acid groups (broad SMARTS) is 1. The molecule has 1 aliphatic heterocycles. The van der Waals surface area contributed by atoms with Crippen molar-refractivity contribution in [2.75, 3.05) is 13.1 Å². The zero-order valence-electron chi connectivity index (χ0n) is 12.8. The normalized spacial score (nSPS) is 24.5. The highest BCUT2D eigenvalue weighted by Crippen LogP contribution is 2.36. The Bertz CT molecular complexity index is 622. The summed E-state index contributed by atoms with van der Waals surface area (Å²) in [6.07, 6.45) is -0.297. The maximum atomic E-state index is 13.8. The van der Waals surface area contributed by atoms with E-state index in [2.05, 4.69) is 0 Å². The Labute approximate surface area is 132 Å². The third-order valence-electron chi connectivity index (χ3n) is 4.37. The zero-order valence-corrected chi connectivity index (χ0v) is 12.8. The number of benzene rings is 1. The predicted octanol–water partition coefficient (Wildman–Crippen LogP) is 2.04. The molecule has 1 heterocycles. The van der Waals surface area contributed by atoms with Crippen molar-refractivity contribution in [2.24, 2.45) is 5.41 Å². The molecule has 1 amide bonds. The van der Waals surface area contributed by atoms with E-state index in [1.807, 2.05) is 0 Å². The van der Waals surface area contributed by atoms with Crippen LogP contribution in [0.25, 0.3) is 0 Å². The van der Waals surface area contributed by atoms with Gasteiger partial charge in [0.05, 0.1) is 11.7 Å². The Morgan fingerprint density at radius 3 is 2.70 bits per heavy atom. The fourth-order valence-electron chi connectivity index (χ4n) is 3.10. The highest BCUT2D eigenvalue weighted by Gasteiger charge is 2.49. The number of piperidine rings is 1. The summed E-state index contributed by atoms with van der Waals surface area (Å²) >= 11 is 0. The van der Waals surface area contributed by atoms with E-state index in [1.165, 1.54) is 11.0 Å². The van der Waals surface area contributed by atoms with Crippen LogP contribution in [-0.2, 0) is 4.79 Å². The van der Waals surface area contributed by atoms with Gasteiger partial charge in [-0.1, -0.05) is 19.4 Å². The molecule has 1 aromatic carbocycles. The Morgan fingerprint density at radius 1 is 1.39 bits per heavy atom. The summed E-state index contributed by atoms with van der Waals surface area (Å²) in [6.45, 7) is 1.64. The molecule has 2 N–H and O–H groups in total. The van der Waals surface area contributed by atoms with Crippen molar-refractivity contribution in [3.05, 3.63) is 35.4 Å². The maximum absolute atomic E-state index is 13.8. The van der Waals surface area contributed by atoms with Crippen molar-refractivity contribution >= 4 is 11.9 Å². The summed E-state index contributed by atoms with van der Waals surface area (Å²) in [5.41, 5.74) is -1.91. The van der Waals surface area contributed by atoms with Crippen molar-refractivity contribution < 1.29 is 28.6 Å². The van der Waals surface area contributed by atoms with Gasteiger partial charge in [-0.2, -0.15) is 0 Å². The number of likely N-dealkylation sites (tertiary alicyclic amines) is 1. The van der Waals surface area contributed by atoms with Gasteiger partial charge in [0.25, 0.3) is 5.91 Å². The molecule has 126 valence electrons. The van der Waals surface area contributed by atoms with Crippen LogP contribution in [0, 0.1) is 17.0 Å². The quantitative estimate of drug-likeness (QED) is 0.887. The van der Waals surface area contributed by atoms with Gasteiger partial charge in [0.1, 0.15) is 5.41 Å². The lowest BCUT2D eigenvalue weighted by Gasteiger charge is -2.43. The second-order valence-corrected chi connectivity index (χ2v) is 5.84. The van der Waals surface area contributed by atoms with Gasteiger partial charge >= 0.3 is 5.97 Å². The summed E-state index contributed by atoms with van der Waals surface area (Å²) in [6, 6.07) is 3.29. The first-order chi connectivity index (χ1) is 10.8. The van der Waals surface area contributed by atoms with E-state index in [4.69, 9.17) is 0 Å². The number of aliphatic carboxylic acids is 1. The van der Waals surface area contributed by atoms with Crippen LogP contribution in [0.5, 0.6) is 0 Å². The van der Waals surface area contributed by atoms with E-state index in [-0.39, 0.29) is 25.9 Å². The SMILES string of the molecule is CCC[C@@]1(C(=O)O)CN(C(=O)c2cccc(F)c2F)CC[C@H]1O. The van der Waals surface area contributed by atoms with Gasteiger partial charge in [-0.05, 0) is 25.0 Å². The lowest BCUT2D eigenvalue weighted by atomic mass is 9.74. The van der Waals surface area contributed by atoms with Crippen molar-refractivity contribution in [1.29, 1.82) is 0 Å². The minimum atomic E-state index is -1.48. The number of carbonyl (C=O) groups excluding carboxylic acids is 1. The van der Waals surface area contributed by atoms with Crippen LogP contribution in [0.4, 0.5) is 8.78 Å². The Balaban J connectivity index is 2.32. The van der Waals surface area contributed by atoms with E-state index in [1.54, 1.807) is 6.92 Å².